The molecule has 2 rings (SSSR count). The fraction of sp³-hybridized carbons (Fsp3) is 0.562. The minimum absolute atomic E-state index is 0.111. The molecule has 1 aromatic rings. The number of aliphatic carboxylic acids is 1. The van der Waals surface area contributed by atoms with Gasteiger partial charge in [0, 0.05) is 12.6 Å². The van der Waals surface area contributed by atoms with Crippen LogP contribution < -0.4 is 5.32 Å². The lowest BCUT2D eigenvalue weighted by molar-refractivity contribution is -0.136. The number of nitrogens with one attached hydrogen (secondary N) is 1. The van der Waals surface area contributed by atoms with Crippen molar-refractivity contribution in [2.45, 2.75) is 38.8 Å². The van der Waals surface area contributed by atoms with Gasteiger partial charge in [-0.3, -0.25) is 9.69 Å². The van der Waals surface area contributed by atoms with Crippen LogP contribution in [0.1, 0.15) is 30.9 Å². The van der Waals surface area contributed by atoms with Crippen LogP contribution in [0.3, 0.4) is 0 Å². The molecule has 0 aromatic heterocycles. The molecule has 110 valence electrons. The molecular formula is C16H24N2O2. The van der Waals surface area contributed by atoms with Crippen LogP contribution in [-0.4, -0.2) is 41.7 Å². The third-order valence-corrected chi connectivity index (χ3v) is 4.06. The number of piperidine rings is 1. The first-order valence-electron chi connectivity index (χ1n) is 7.44. The van der Waals surface area contributed by atoms with Gasteiger partial charge in [-0.25, -0.2) is 0 Å². The third kappa shape index (κ3) is 4.05. The number of benzene rings is 1. The Morgan fingerprint density at radius 2 is 1.95 bits per heavy atom. The first-order valence-corrected chi connectivity index (χ1v) is 7.44. The van der Waals surface area contributed by atoms with Crippen LogP contribution in [-0.2, 0) is 17.8 Å². The fourth-order valence-electron chi connectivity index (χ4n) is 2.94. The zero-order valence-electron chi connectivity index (χ0n) is 12.1. The lowest BCUT2D eigenvalue weighted by Gasteiger charge is -2.34. The van der Waals surface area contributed by atoms with Crippen molar-refractivity contribution in [1.82, 2.24) is 10.2 Å². The predicted molar refractivity (Wildman–Crippen MR) is 79.8 cm³/mol. The highest BCUT2D eigenvalue weighted by atomic mass is 16.4. The van der Waals surface area contributed by atoms with Crippen molar-refractivity contribution in [2.75, 3.05) is 19.6 Å². The number of nitrogens with zero attached hydrogens (tertiary/aromatic N) is 1. The van der Waals surface area contributed by atoms with E-state index >= 15 is 0 Å². The van der Waals surface area contributed by atoms with Crippen molar-refractivity contribution in [3.8, 4) is 0 Å². The largest absolute Gasteiger partial charge is 0.481 e. The Morgan fingerprint density at radius 3 is 2.55 bits per heavy atom. The average molecular weight is 276 g/mol. The smallest absolute Gasteiger partial charge is 0.307 e. The Bertz CT molecular complexity index is 442. The van der Waals surface area contributed by atoms with Crippen LogP contribution in [0.5, 0.6) is 0 Å². The summed E-state index contributed by atoms with van der Waals surface area (Å²) in [5.74, 6) is -0.762. The van der Waals surface area contributed by atoms with Crippen LogP contribution >= 0.6 is 0 Å². The molecule has 1 aliphatic rings. The molecule has 0 amide bonds. The van der Waals surface area contributed by atoms with Crippen LogP contribution in [0.4, 0.5) is 0 Å². The molecule has 1 fully saturated rings. The van der Waals surface area contributed by atoms with E-state index in [2.05, 4.69) is 23.2 Å². The van der Waals surface area contributed by atoms with E-state index in [4.69, 9.17) is 5.11 Å². The fourth-order valence-corrected chi connectivity index (χ4v) is 2.94. The lowest BCUT2D eigenvalue weighted by atomic mass is 10.0. The molecule has 4 nitrogen and oxygen atoms in total. The number of rotatable bonds is 6. The molecule has 0 atom stereocenters. The first kappa shape index (κ1) is 15.0. The van der Waals surface area contributed by atoms with Crippen molar-refractivity contribution in [3.63, 3.8) is 0 Å². The molecule has 1 aromatic carbocycles. The number of carboxylic acid groups (broad SMARTS) is 1. The molecule has 4 heteroatoms. The number of hydrogen-bond acceptors (Lipinski definition) is 3. The zero-order valence-corrected chi connectivity index (χ0v) is 12.1. The summed E-state index contributed by atoms with van der Waals surface area (Å²) in [5, 5.41) is 12.4. The SMILES string of the molecule is CCN(Cc1ccccc1CC(=O)O)C1CCNCC1. The maximum atomic E-state index is 11.0. The predicted octanol–water partition coefficient (Wildman–Crippen LogP) is 1.89. The second-order valence-corrected chi connectivity index (χ2v) is 5.38. The van der Waals surface area contributed by atoms with Crippen molar-refractivity contribution < 1.29 is 9.90 Å². The second-order valence-electron chi connectivity index (χ2n) is 5.38. The minimum Gasteiger partial charge on any atom is -0.481 e. The van der Waals surface area contributed by atoms with Gasteiger partial charge in [-0.2, -0.15) is 0 Å². The molecule has 1 aliphatic heterocycles. The highest BCUT2D eigenvalue weighted by Crippen LogP contribution is 2.18. The summed E-state index contributed by atoms with van der Waals surface area (Å²) in [6.07, 6.45) is 2.46. The monoisotopic (exact) mass is 276 g/mol. The molecule has 0 unspecified atom stereocenters. The van der Waals surface area contributed by atoms with Gasteiger partial charge in [0.15, 0.2) is 0 Å². The van der Waals surface area contributed by atoms with Crippen molar-refractivity contribution in [2.24, 2.45) is 0 Å². The molecule has 0 aliphatic carbocycles. The number of hydrogen-bond donors (Lipinski definition) is 2. The quantitative estimate of drug-likeness (QED) is 0.833. The molecule has 1 saturated heterocycles. The van der Waals surface area contributed by atoms with Gasteiger partial charge >= 0.3 is 5.97 Å². The normalized spacial score (nSPS) is 16.5. The van der Waals surface area contributed by atoms with E-state index in [1.807, 2.05) is 18.2 Å². The zero-order chi connectivity index (χ0) is 14.4. The Kier molecular flexibility index (Phi) is 5.56. The van der Waals surface area contributed by atoms with Crippen LogP contribution in [0.15, 0.2) is 24.3 Å². The minimum atomic E-state index is -0.762. The highest BCUT2D eigenvalue weighted by Gasteiger charge is 2.20. The molecule has 0 bridgehead atoms. The van der Waals surface area contributed by atoms with Gasteiger partial charge in [0.25, 0.3) is 0 Å². The van der Waals surface area contributed by atoms with E-state index in [0.29, 0.717) is 6.04 Å². The Hall–Kier alpha value is -1.39. The van der Waals surface area contributed by atoms with E-state index in [0.717, 1.165) is 37.3 Å². The van der Waals surface area contributed by atoms with Gasteiger partial charge in [-0.15, -0.1) is 0 Å². The Labute approximate surface area is 120 Å². The van der Waals surface area contributed by atoms with E-state index < -0.39 is 5.97 Å². The second kappa shape index (κ2) is 7.41. The van der Waals surface area contributed by atoms with Gasteiger partial charge in [-0.1, -0.05) is 31.2 Å². The molecule has 1 heterocycles. The Morgan fingerprint density at radius 1 is 1.30 bits per heavy atom. The molecule has 20 heavy (non-hydrogen) atoms. The number of carboxylic acids is 1. The van der Waals surface area contributed by atoms with E-state index in [1.165, 1.54) is 12.8 Å². The van der Waals surface area contributed by atoms with Gasteiger partial charge < -0.3 is 10.4 Å². The summed E-state index contributed by atoms with van der Waals surface area (Å²) in [6.45, 7) is 6.20. The third-order valence-electron chi connectivity index (χ3n) is 4.06. The summed E-state index contributed by atoms with van der Waals surface area (Å²) in [7, 11) is 0. The summed E-state index contributed by atoms with van der Waals surface area (Å²) in [5.41, 5.74) is 2.09. The molecule has 0 spiro atoms. The lowest BCUT2D eigenvalue weighted by Crippen LogP contribution is -2.42. The summed E-state index contributed by atoms with van der Waals surface area (Å²) in [6, 6.07) is 8.51. The molecular weight excluding hydrogens is 252 g/mol. The molecule has 0 saturated carbocycles. The van der Waals surface area contributed by atoms with E-state index in [1.54, 1.807) is 0 Å². The maximum absolute atomic E-state index is 11.0. The highest BCUT2D eigenvalue weighted by molar-refractivity contribution is 5.70. The van der Waals surface area contributed by atoms with Gasteiger partial charge in [-0.05, 0) is 43.6 Å². The van der Waals surface area contributed by atoms with Crippen molar-refractivity contribution in [1.29, 1.82) is 0 Å². The molecule has 2 N–H and O–H groups in total. The molecule has 0 radical (unpaired) electrons. The number of carbonyl (C=O) groups is 1. The van der Waals surface area contributed by atoms with E-state index in [9.17, 15) is 4.79 Å². The van der Waals surface area contributed by atoms with Crippen molar-refractivity contribution in [3.05, 3.63) is 35.4 Å². The van der Waals surface area contributed by atoms with Gasteiger partial charge in [0.2, 0.25) is 0 Å². The summed E-state index contributed by atoms with van der Waals surface area (Å²) in [4.78, 5) is 13.4. The van der Waals surface area contributed by atoms with Crippen LogP contribution in [0.25, 0.3) is 0 Å². The van der Waals surface area contributed by atoms with Crippen LogP contribution in [0, 0.1) is 0 Å². The van der Waals surface area contributed by atoms with Gasteiger partial charge in [0.1, 0.15) is 0 Å². The average Bonchev–Trinajstić information content (AvgIpc) is 2.46. The summed E-state index contributed by atoms with van der Waals surface area (Å²) >= 11 is 0. The van der Waals surface area contributed by atoms with E-state index in [-0.39, 0.29) is 6.42 Å². The topological polar surface area (TPSA) is 52.6 Å². The standard InChI is InChI=1S/C16H24N2O2/c1-2-18(15-7-9-17-10-8-15)12-14-6-4-3-5-13(14)11-16(19)20/h3-6,15,17H,2,7-12H2,1H3,(H,19,20). The Balaban J connectivity index is 2.08. The first-order chi connectivity index (χ1) is 9.70. The van der Waals surface area contributed by atoms with Crippen molar-refractivity contribution >= 4 is 5.97 Å². The van der Waals surface area contributed by atoms with Gasteiger partial charge in [0.05, 0.1) is 6.42 Å². The van der Waals surface area contributed by atoms with Crippen LogP contribution in [0.2, 0.25) is 0 Å². The maximum Gasteiger partial charge on any atom is 0.307 e. The summed E-state index contributed by atoms with van der Waals surface area (Å²) < 4.78 is 0.